The molecule has 0 saturated carbocycles. The zero-order valence-electron chi connectivity index (χ0n) is 27.6. The number of likely N-dealkylation sites (tertiary alicyclic amines) is 1. The minimum atomic E-state index is -3.79. The van der Waals surface area contributed by atoms with Gasteiger partial charge in [0.15, 0.2) is 0 Å². The van der Waals surface area contributed by atoms with Crippen molar-refractivity contribution in [2.45, 2.75) is 12.7 Å². The standard InChI is InChI=1S/C37H29F2N7O4S/c1-41-37(47)34-26-13-25(30(44(2)51(3,48)49)15-32(26)50-36(34)20-7-9-22(38)10-8-20)27-11-12-28-35(43-27)31-14-24-21(16-40)5-4-6-29(24)46(31)33(42-28)19-45-17-23(39)18-45/h4-15,23H,17-19H2,1-3H3,(H,41,47). The second kappa shape index (κ2) is 11.9. The van der Waals surface area contributed by atoms with Crippen molar-refractivity contribution in [3.63, 3.8) is 0 Å². The Kier molecular flexibility index (Phi) is 7.51. The van der Waals surface area contributed by atoms with Gasteiger partial charge in [-0.05, 0) is 60.7 Å². The Bertz CT molecular complexity index is 2730. The summed E-state index contributed by atoms with van der Waals surface area (Å²) in [5.74, 6) is -0.0659. The van der Waals surface area contributed by atoms with Gasteiger partial charge in [0, 0.05) is 55.2 Å². The molecular formula is C37H29F2N7O4S. The van der Waals surface area contributed by atoms with E-state index in [1.165, 1.54) is 38.4 Å². The molecule has 1 N–H and O–H groups in total. The second-order valence-electron chi connectivity index (χ2n) is 12.6. The van der Waals surface area contributed by atoms with Crippen LogP contribution in [0.25, 0.3) is 61.0 Å². The highest BCUT2D eigenvalue weighted by Crippen LogP contribution is 2.41. The van der Waals surface area contributed by atoms with E-state index in [9.17, 15) is 27.3 Å². The van der Waals surface area contributed by atoms with Gasteiger partial charge >= 0.3 is 0 Å². The van der Waals surface area contributed by atoms with Crippen molar-refractivity contribution in [2.75, 3.05) is 37.7 Å². The number of alkyl halides is 1. The Hall–Kier alpha value is -5.91. The van der Waals surface area contributed by atoms with Gasteiger partial charge in [0.25, 0.3) is 5.91 Å². The molecule has 11 nitrogen and oxygen atoms in total. The molecule has 7 aromatic rings. The quantitative estimate of drug-likeness (QED) is 0.212. The summed E-state index contributed by atoms with van der Waals surface area (Å²) in [7, 11) is -0.895. The van der Waals surface area contributed by atoms with Gasteiger partial charge in [-0.15, -0.1) is 0 Å². The number of furan rings is 1. The minimum Gasteiger partial charge on any atom is -0.455 e. The molecule has 3 aromatic carbocycles. The molecule has 5 heterocycles. The molecule has 256 valence electrons. The maximum Gasteiger partial charge on any atom is 0.255 e. The maximum absolute atomic E-state index is 13.8. The molecule has 1 aliphatic heterocycles. The highest BCUT2D eigenvalue weighted by Gasteiger charge is 2.29. The molecule has 0 atom stereocenters. The lowest BCUT2D eigenvalue weighted by molar-refractivity contribution is 0.0567. The number of hydrogen-bond acceptors (Lipinski definition) is 8. The topological polar surface area (TPSA) is 137 Å². The van der Waals surface area contributed by atoms with Gasteiger partial charge < -0.3 is 9.73 Å². The number of fused-ring (bicyclic) bond motifs is 6. The molecule has 14 heteroatoms. The highest BCUT2D eigenvalue weighted by molar-refractivity contribution is 7.92. The van der Waals surface area contributed by atoms with Crippen LogP contribution < -0.4 is 9.62 Å². The lowest BCUT2D eigenvalue weighted by Crippen LogP contribution is -2.47. The van der Waals surface area contributed by atoms with E-state index in [-0.39, 0.29) is 22.6 Å². The van der Waals surface area contributed by atoms with Gasteiger partial charge in [0.2, 0.25) is 10.0 Å². The third kappa shape index (κ3) is 5.33. The van der Waals surface area contributed by atoms with E-state index in [2.05, 4.69) is 11.4 Å². The van der Waals surface area contributed by atoms with Crippen LogP contribution in [0.2, 0.25) is 0 Å². The third-order valence-corrected chi connectivity index (χ3v) is 10.5. The average Bonchev–Trinajstić information content (AvgIpc) is 3.69. The number of anilines is 1. The molecule has 0 radical (unpaired) electrons. The van der Waals surface area contributed by atoms with Crippen molar-refractivity contribution in [3.8, 4) is 28.7 Å². The molecule has 1 fully saturated rings. The van der Waals surface area contributed by atoms with Crippen molar-refractivity contribution in [1.29, 1.82) is 5.26 Å². The lowest BCUT2D eigenvalue weighted by Gasteiger charge is -2.34. The molecule has 8 rings (SSSR count). The summed E-state index contributed by atoms with van der Waals surface area (Å²) in [4.78, 5) is 25.3. The second-order valence-corrected chi connectivity index (χ2v) is 14.6. The van der Waals surface area contributed by atoms with E-state index in [1.807, 2.05) is 21.4 Å². The molecule has 51 heavy (non-hydrogen) atoms. The van der Waals surface area contributed by atoms with Gasteiger partial charge in [-0.1, -0.05) is 6.07 Å². The van der Waals surface area contributed by atoms with Crippen LogP contribution >= 0.6 is 0 Å². The first-order valence-electron chi connectivity index (χ1n) is 16.0. The number of hydrogen-bond donors (Lipinski definition) is 1. The van der Waals surface area contributed by atoms with E-state index in [4.69, 9.17) is 14.4 Å². The summed E-state index contributed by atoms with van der Waals surface area (Å²) < 4.78 is 62.8. The fourth-order valence-corrected chi connectivity index (χ4v) is 7.23. The molecule has 1 amide bonds. The molecule has 0 unspecified atom stereocenters. The fraction of sp³-hybridized carbons (Fsp3) is 0.189. The SMILES string of the molecule is CNC(=O)c1c(-c2ccc(F)cc2)oc2cc(N(C)S(C)(=O)=O)c(-c3ccc4nc(CN5CC(F)C5)n5c6cccc(C#N)c6cc5c4n3)cc12. The van der Waals surface area contributed by atoms with E-state index >= 15 is 0 Å². The van der Waals surface area contributed by atoms with Crippen molar-refractivity contribution in [1.82, 2.24) is 24.6 Å². The van der Waals surface area contributed by atoms with Crippen LogP contribution in [0.15, 0.2) is 77.2 Å². The number of nitrogens with zero attached hydrogens (tertiary/aromatic N) is 6. The average molecular weight is 706 g/mol. The maximum atomic E-state index is 13.8. The predicted octanol–water partition coefficient (Wildman–Crippen LogP) is 6.04. The third-order valence-electron chi connectivity index (χ3n) is 9.35. The lowest BCUT2D eigenvalue weighted by atomic mass is 10.0. The van der Waals surface area contributed by atoms with Crippen LogP contribution in [-0.2, 0) is 16.6 Å². The van der Waals surface area contributed by atoms with Crippen LogP contribution in [-0.4, -0.2) is 73.2 Å². The van der Waals surface area contributed by atoms with Gasteiger partial charge in [-0.25, -0.2) is 27.2 Å². The van der Waals surface area contributed by atoms with Crippen molar-refractivity contribution >= 4 is 60.0 Å². The predicted molar refractivity (Wildman–Crippen MR) is 190 cm³/mol. The van der Waals surface area contributed by atoms with Crippen molar-refractivity contribution in [2.24, 2.45) is 0 Å². The smallest absolute Gasteiger partial charge is 0.255 e. The number of rotatable bonds is 7. The number of amides is 1. The van der Waals surface area contributed by atoms with Crippen LogP contribution in [0.3, 0.4) is 0 Å². The number of benzene rings is 3. The molecule has 4 aromatic heterocycles. The van der Waals surface area contributed by atoms with Gasteiger partial charge in [-0.3, -0.25) is 18.4 Å². The van der Waals surface area contributed by atoms with E-state index in [0.29, 0.717) is 75.2 Å². The first kappa shape index (κ1) is 32.3. The van der Waals surface area contributed by atoms with E-state index in [0.717, 1.165) is 16.1 Å². The van der Waals surface area contributed by atoms with E-state index in [1.54, 1.807) is 36.4 Å². The molecule has 0 aliphatic carbocycles. The van der Waals surface area contributed by atoms with Gasteiger partial charge in [-0.2, -0.15) is 5.26 Å². The van der Waals surface area contributed by atoms with Gasteiger partial charge in [0.1, 0.15) is 34.7 Å². The van der Waals surface area contributed by atoms with Crippen LogP contribution in [0, 0.1) is 17.1 Å². The largest absolute Gasteiger partial charge is 0.455 e. The fourth-order valence-electron chi connectivity index (χ4n) is 6.72. The Labute approximate surface area is 290 Å². The van der Waals surface area contributed by atoms with Crippen LogP contribution in [0.1, 0.15) is 21.7 Å². The number of aromatic nitrogens is 3. The summed E-state index contributed by atoms with van der Waals surface area (Å²) in [6, 6.07) is 21.8. The number of sulfonamides is 1. The highest BCUT2D eigenvalue weighted by atomic mass is 32.2. The summed E-state index contributed by atoms with van der Waals surface area (Å²) in [5.41, 5.74) is 4.81. The molecular weight excluding hydrogens is 677 g/mol. The molecule has 1 aliphatic rings. The first-order chi connectivity index (χ1) is 24.4. The number of nitrogens with one attached hydrogen (secondary N) is 1. The Morgan fingerprint density at radius 3 is 2.51 bits per heavy atom. The molecule has 0 spiro atoms. The van der Waals surface area contributed by atoms with E-state index < -0.39 is 27.9 Å². The number of nitriles is 1. The van der Waals surface area contributed by atoms with Crippen LogP contribution in [0.5, 0.6) is 0 Å². The zero-order valence-corrected chi connectivity index (χ0v) is 28.4. The number of carbonyl (C=O) groups is 1. The van der Waals surface area contributed by atoms with Crippen molar-refractivity contribution in [3.05, 3.63) is 95.6 Å². The normalized spacial score (nSPS) is 14.0. The summed E-state index contributed by atoms with van der Waals surface area (Å²) >= 11 is 0. The van der Waals surface area contributed by atoms with Gasteiger partial charge in [0.05, 0.1) is 57.9 Å². The zero-order chi connectivity index (χ0) is 35.8. The number of pyridine rings is 1. The summed E-state index contributed by atoms with van der Waals surface area (Å²) in [6.07, 6.45) is 0.188. The van der Waals surface area contributed by atoms with Crippen molar-refractivity contribution < 1.29 is 26.4 Å². The summed E-state index contributed by atoms with van der Waals surface area (Å²) in [5, 5.41) is 13.7. The monoisotopic (exact) mass is 705 g/mol. The first-order valence-corrected chi connectivity index (χ1v) is 17.8. The molecule has 1 saturated heterocycles. The molecule has 0 bridgehead atoms. The Morgan fingerprint density at radius 1 is 1.06 bits per heavy atom. The summed E-state index contributed by atoms with van der Waals surface area (Å²) in [6.45, 7) is 0.985. The Morgan fingerprint density at radius 2 is 1.82 bits per heavy atom. The van der Waals surface area contributed by atoms with Crippen LogP contribution in [0.4, 0.5) is 14.5 Å². The minimum absolute atomic E-state index is 0.187. The number of halogens is 2. The Balaban J connectivity index is 1.41. The number of carbonyl (C=O) groups excluding carboxylic acids is 1.